The van der Waals surface area contributed by atoms with E-state index >= 15 is 0 Å². The highest BCUT2D eigenvalue weighted by Gasteiger charge is 2.24. The van der Waals surface area contributed by atoms with Gasteiger partial charge in [0.1, 0.15) is 0 Å². The number of hydrogen-bond acceptors (Lipinski definition) is 4. The fourth-order valence-electron chi connectivity index (χ4n) is 2.21. The smallest absolute Gasteiger partial charge is 0.282 e. The molecule has 4 N–H and O–H groups in total. The molecule has 2 amide bonds. The van der Waals surface area contributed by atoms with E-state index < -0.39 is 16.1 Å². The Morgan fingerprint density at radius 1 is 1.27 bits per heavy atom. The van der Waals surface area contributed by atoms with Gasteiger partial charge in [-0.1, -0.05) is 25.4 Å². The lowest BCUT2D eigenvalue weighted by Gasteiger charge is -2.19. The summed E-state index contributed by atoms with van der Waals surface area (Å²) in [6.07, 6.45) is 0. The summed E-state index contributed by atoms with van der Waals surface area (Å²) in [6.45, 7) is 5.94. The molecule has 0 saturated carbocycles. The van der Waals surface area contributed by atoms with Crippen molar-refractivity contribution in [2.45, 2.75) is 31.7 Å². The van der Waals surface area contributed by atoms with E-state index in [0.717, 1.165) is 0 Å². The molecule has 0 aliphatic heterocycles. The van der Waals surface area contributed by atoms with Gasteiger partial charge in [0.15, 0.2) is 12.6 Å². The van der Waals surface area contributed by atoms with Crippen molar-refractivity contribution in [3.05, 3.63) is 23.2 Å². The number of quaternary nitrogens is 1. The summed E-state index contributed by atoms with van der Waals surface area (Å²) in [5, 5.41) is 6.89. The molecule has 26 heavy (non-hydrogen) atoms. The van der Waals surface area contributed by atoms with Gasteiger partial charge in [0.25, 0.3) is 11.8 Å². The highest BCUT2D eigenvalue weighted by Crippen LogP contribution is 2.27. The van der Waals surface area contributed by atoms with E-state index in [-0.39, 0.29) is 34.0 Å². The number of nitrogens with zero attached hydrogens (tertiary/aromatic N) is 1. The third-order valence-corrected chi connectivity index (χ3v) is 6.26. The highest BCUT2D eigenvalue weighted by atomic mass is 35.5. The molecular formula is C16H26ClN4O4S+. The molecule has 1 aromatic carbocycles. The molecule has 0 spiro atoms. The van der Waals surface area contributed by atoms with Gasteiger partial charge in [0.05, 0.1) is 15.6 Å². The molecule has 1 rings (SSSR count). The summed E-state index contributed by atoms with van der Waals surface area (Å²) < 4.78 is 26.5. The lowest BCUT2D eigenvalue weighted by Crippen LogP contribution is -2.93. The zero-order valence-electron chi connectivity index (χ0n) is 15.4. The standard InChI is InChI=1S/C16H25ClN4O4S/c1-5-21(6-2)26(24,25)12-7-8-13(17)14(9-12)20-16(23)11(3)19-10-15(22)18-4/h7-9,11,19H,5-6,10H2,1-4H3,(H,18,22)(H,20,23)/p+1/t11-/m0/s1. The third-order valence-electron chi connectivity index (χ3n) is 3.89. The van der Waals surface area contributed by atoms with Crippen LogP contribution in [0.15, 0.2) is 23.1 Å². The fourth-order valence-corrected chi connectivity index (χ4v) is 3.86. The topological polar surface area (TPSA) is 112 Å². The number of hydrogen-bond donors (Lipinski definition) is 3. The van der Waals surface area contributed by atoms with Gasteiger partial charge in [-0.25, -0.2) is 8.42 Å². The van der Waals surface area contributed by atoms with Gasteiger partial charge >= 0.3 is 0 Å². The second kappa shape index (κ2) is 9.86. The third kappa shape index (κ3) is 5.66. The lowest BCUT2D eigenvalue weighted by atomic mass is 10.2. The monoisotopic (exact) mass is 405 g/mol. The minimum atomic E-state index is -3.66. The van der Waals surface area contributed by atoms with Crippen LogP contribution in [-0.4, -0.2) is 57.3 Å². The minimum Gasteiger partial charge on any atom is -0.354 e. The van der Waals surface area contributed by atoms with E-state index in [1.54, 1.807) is 26.1 Å². The highest BCUT2D eigenvalue weighted by molar-refractivity contribution is 7.89. The number of nitrogens with two attached hydrogens (primary N) is 1. The number of nitrogens with one attached hydrogen (secondary N) is 2. The first-order valence-corrected chi connectivity index (χ1v) is 10.1. The Balaban J connectivity index is 2.97. The number of rotatable bonds is 9. The lowest BCUT2D eigenvalue weighted by molar-refractivity contribution is -0.662. The summed E-state index contributed by atoms with van der Waals surface area (Å²) >= 11 is 6.09. The number of halogens is 1. The SMILES string of the molecule is CCN(CC)S(=O)(=O)c1ccc(Cl)c(NC(=O)[C@H](C)[NH2+]CC(=O)NC)c1. The Bertz CT molecular complexity index is 751. The van der Waals surface area contributed by atoms with E-state index in [0.29, 0.717) is 13.1 Å². The normalized spacial score (nSPS) is 12.7. The van der Waals surface area contributed by atoms with Gasteiger partial charge in [-0.15, -0.1) is 0 Å². The van der Waals surface area contributed by atoms with Gasteiger partial charge in [0.2, 0.25) is 10.0 Å². The van der Waals surface area contributed by atoms with Crippen LogP contribution in [0, 0.1) is 0 Å². The number of anilines is 1. The van der Waals surface area contributed by atoms with E-state index in [1.807, 2.05) is 0 Å². The van der Waals surface area contributed by atoms with Gasteiger partial charge in [0, 0.05) is 20.1 Å². The van der Waals surface area contributed by atoms with Gasteiger partial charge < -0.3 is 16.0 Å². The quantitative estimate of drug-likeness (QED) is 0.537. The summed E-state index contributed by atoms with van der Waals surface area (Å²) in [5.41, 5.74) is 0.213. The molecule has 146 valence electrons. The molecule has 8 nitrogen and oxygen atoms in total. The van der Waals surface area contributed by atoms with E-state index in [4.69, 9.17) is 11.6 Å². The molecular weight excluding hydrogens is 380 g/mol. The Morgan fingerprint density at radius 3 is 2.42 bits per heavy atom. The maximum absolute atomic E-state index is 12.6. The number of carbonyl (C=O) groups is 2. The molecule has 0 heterocycles. The Labute approximate surface area is 159 Å². The number of carbonyl (C=O) groups excluding carboxylic acids is 2. The first-order valence-electron chi connectivity index (χ1n) is 8.31. The second-order valence-corrected chi connectivity index (χ2v) is 7.97. The maximum Gasteiger partial charge on any atom is 0.282 e. The predicted molar refractivity (Wildman–Crippen MR) is 101 cm³/mol. The van der Waals surface area contributed by atoms with E-state index in [2.05, 4.69) is 10.6 Å². The first kappa shape index (κ1) is 22.4. The number of amides is 2. The molecule has 0 saturated heterocycles. The molecule has 0 aliphatic rings. The van der Waals surface area contributed by atoms with Crippen molar-refractivity contribution < 1.29 is 23.3 Å². The van der Waals surface area contributed by atoms with Gasteiger partial charge in [-0.2, -0.15) is 4.31 Å². The minimum absolute atomic E-state index is 0.0582. The van der Waals surface area contributed by atoms with Crippen LogP contribution in [0.4, 0.5) is 5.69 Å². The first-order chi connectivity index (χ1) is 12.2. The van der Waals surface area contributed by atoms with Gasteiger partial charge in [-0.3, -0.25) is 9.59 Å². The Morgan fingerprint density at radius 2 is 1.88 bits per heavy atom. The zero-order chi connectivity index (χ0) is 19.9. The number of likely N-dealkylation sites (N-methyl/N-ethyl adjacent to an activating group) is 1. The summed E-state index contributed by atoms with van der Waals surface area (Å²) in [4.78, 5) is 23.6. The van der Waals surface area contributed by atoms with Crippen LogP contribution in [0.5, 0.6) is 0 Å². The molecule has 0 aromatic heterocycles. The van der Waals surface area contributed by atoms with Crippen LogP contribution in [0.2, 0.25) is 5.02 Å². The van der Waals surface area contributed by atoms with Gasteiger partial charge in [-0.05, 0) is 25.1 Å². The zero-order valence-corrected chi connectivity index (χ0v) is 16.9. The van der Waals surface area contributed by atoms with Crippen LogP contribution in [0.1, 0.15) is 20.8 Å². The predicted octanol–water partition coefficient (Wildman–Crippen LogP) is 0.00690. The molecule has 10 heteroatoms. The van der Waals surface area contributed by atoms with Crippen molar-refractivity contribution >= 4 is 39.1 Å². The van der Waals surface area contributed by atoms with Crippen LogP contribution >= 0.6 is 11.6 Å². The van der Waals surface area contributed by atoms with Crippen molar-refractivity contribution in [2.24, 2.45) is 0 Å². The largest absolute Gasteiger partial charge is 0.354 e. The van der Waals surface area contributed by atoms with Crippen LogP contribution in [0.25, 0.3) is 0 Å². The summed E-state index contributed by atoms with van der Waals surface area (Å²) in [6, 6.07) is 3.64. The number of benzene rings is 1. The van der Waals surface area contributed by atoms with Crippen LogP contribution in [-0.2, 0) is 19.6 Å². The summed E-state index contributed by atoms with van der Waals surface area (Å²) in [7, 11) is -2.14. The van der Waals surface area contributed by atoms with E-state index in [1.165, 1.54) is 29.6 Å². The summed E-state index contributed by atoms with van der Waals surface area (Å²) in [5.74, 6) is -0.580. The van der Waals surface area contributed by atoms with Crippen LogP contribution in [0.3, 0.4) is 0 Å². The molecule has 1 atom stereocenters. The van der Waals surface area contributed by atoms with E-state index in [9.17, 15) is 18.0 Å². The average molecular weight is 406 g/mol. The second-order valence-electron chi connectivity index (χ2n) is 5.62. The van der Waals surface area contributed by atoms with Crippen molar-refractivity contribution in [1.82, 2.24) is 9.62 Å². The Hall–Kier alpha value is -1.68. The van der Waals surface area contributed by atoms with Crippen LogP contribution < -0.4 is 16.0 Å². The maximum atomic E-state index is 12.6. The van der Waals surface area contributed by atoms with Crippen molar-refractivity contribution in [3.63, 3.8) is 0 Å². The van der Waals surface area contributed by atoms with Crippen molar-refractivity contribution in [2.75, 3.05) is 32.0 Å². The Kier molecular flexibility index (Phi) is 8.48. The molecule has 0 bridgehead atoms. The molecule has 0 aliphatic carbocycles. The molecule has 0 fully saturated rings. The van der Waals surface area contributed by atoms with Crippen molar-refractivity contribution in [1.29, 1.82) is 0 Å². The average Bonchev–Trinajstić information content (AvgIpc) is 2.61. The number of sulfonamides is 1. The molecule has 0 unspecified atom stereocenters. The molecule has 0 radical (unpaired) electrons. The fraction of sp³-hybridized carbons (Fsp3) is 0.500. The van der Waals surface area contributed by atoms with Crippen molar-refractivity contribution in [3.8, 4) is 0 Å². The molecule has 1 aromatic rings.